The fraction of sp³-hybridized carbons (Fsp3) is 0.909. The Morgan fingerprint density at radius 3 is 2.56 bits per heavy atom. The van der Waals surface area contributed by atoms with Crippen molar-refractivity contribution in [2.24, 2.45) is 11.7 Å². The van der Waals surface area contributed by atoms with Crippen LogP contribution < -0.4 is 5.73 Å². The molecular weight excluding hydrogens is 208 g/mol. The number of nitrogens with two attached hydrogens (primary N) is 1. The third-order valence-corrected chi connectivity index (χ3v) is 2.76. The monoisotopic (exact) mass is 232 g/mol. The lowest BCUT2D eigenvalue weighted by Gasteiger charge is -2.26. The number of likely N-dealkylation sites (N-methyl/N-ethyl adjacent to an activating group) is 1. The zero-order valence-corrected chi connectivity index (χ0v) is 10.6. The van der Waals surface area contributed by atoms with Crippen molar-refractivity contribution in [2.75, 3.05) is 27.3 Å². The molecule has 0 spiro atoms. The molecule has 0 aromatic carbocycles. The topological polar surface area (TPSA) is 75.8 Å². The maximum Gasteiger partial charge on any atom is 0.239 e. The fourth-order valence-electron chi connectivity index (χ4n) is 1.40. The van der Waals surface area contributed by atoms with E-state index in [0.29, 0.717) is 0 Å². The van der Waals surface area contributed by atoms with Gasteiger partial charge in [-0.1, -0.05) is 20.3 Å². The lowest BCUT2D eigenvalue weighted by atomic mass is 9.99. The van der Waals surface area contributed by atoms with Crippen LogP contribution in [0.1, 0.15) is 20.3 Å². The first-order valence-corrected chi connectivity index (χ1v) is 5.61. The Bertz CT molecular complexity index is 211. The average molecular weight is 232 g/mol. The minimum absolute atomic E-state index is 0.135. The highest BCUT2D eigenvalue weighted by Crippen LogP contribution is 2.08. The molecule has 5 nitrogen and oxygen atoms in total. The van der Waals surface area contributed by atoms with E-state index < -0.39 is 12.1 Å². The van der Waals surface area contributed by atoms with Gasteiger partial charge in [0, 0.05) is 20.7 Å². The predicted octanol–water partition coefficient (Wildman–Crippen LogP) is -0.174. The summed E-state index contributed by atoms with van der Waals surface area (Å²) in [6, 6.07) is -0.496. The first kappa shape index (κ1) is 15.3. The number of hydrogen-bond acceptors (Lipinski definition) is 4. The Morgan fingerprint density at radius 1 is 1.56 bits per heavy atom. The van der Waals surface area contributed by atoms with Crippen LogP contribution in [0.15, 0.2) is 0 Å². The lowest BCUT2D eigenvalue weighted by molar-refractivity contribution is -0.134. The van der Waals surface area contributed by atoms with Crippen LogP contribution in [0, 0.1) is 5.92 Å². The second kappa shape index (κ2) is 7.60. The van der Waals surface area contributed by atoms with Crippen LogP contribution in [-0.4, -0.2) is 55.4 Å². The summed E-state index contributed by atoms with van der Waals surface area (Å²) < 4.78 is 4.79. The molecule has 1 amide bonds. The second-order valence-corrected chi connectivity index (χ2v) is 4.24. The standard InChI is InChI=1S/C11H24N2O3/c1-5-8(2)10(12)11(15)13(3)6-9(14)7-16-4/h8-10,14H,5-7,12H2,1-4H3/t8-,9?,10-/m0/s1. The van der Waals surface area contributed by atoms with E-state index in [-0.39, 0.29) is 25.0 Å². The number of carbonyl (C=O) groups excluding carboxylic acids is 1. The number of rotatable bonds is 7. The molecule has 0 heterocycles. The highest BCUT2D eigenvalue weighted by molar-refractivity contribution is 5.81. The molecule has 0 aliphatic heterocycles. The SMILES string of the molecule is CC[C@H](C)[C@H](N)C(=O)N(C)CC(O)COC. The number of hydrogen-bond donors (Lipinski definition) is 2. The normalized spacial score (nSPS) is 16.6. The van der Waals surface area contributed by atoms with Gasteiger partial charge < -0.3 is 20.5 Å². The van der Waals surface area contributed by atoms with Gasteiger partial charge in [-0.25, -0.2) is 0 Å². The molecule has 0 aromatic heterocycles. The van der Waals surface area contributed by atoms with E-state index in [9.17, 15) is 9.90 Å². The summed E-state index contributed by atoms with van der Waals surface area (Å²) in [5.74, 6) is 0.0130. The minimum atomic E-state index is -0.664. The van der Waals surface area contributed by atoms with Crippen LogP contribution in [0.5, 0.6) is 0 Å². The van der Waals surface area contributed by atoms with E-state index in [1.807, 2.05) is 13.8 Å². The Hall–Kier alpha value is -0.650. The van der Waals surface area contributed by atoms with Crippen molar-refractivity contribution >= 4 is 5.91 Å². The van der Waals surface area contributed by atoms with Gasteiger partial charge in [0.05, 0.1) is 18.8 Å². The number of carbonyl (C=O) groups is 1. The number of ether oxygens (including phenoxy) is 1. The number of amides is 1. The number of aliphatic hydroxyl groups is 1. The summed E-state index contributed by atoms with van der Waals surface area (Å²) in [4.78, 5) is 13.3. The Kier molecular flexibility index (Phi) is 7.29. The summed E-state index contributed by atoms with van der Waals surface area (Å²) in [5.41, 5.74) is 5.82. The molecule has 3 N–H and O–H groups in total. The Balaban J connectivity index is 4.17. The maximum atomic E-state index is 11.8. The van der Waals surface area contributed by atoms with Crippen LogP contribution in [-0.2, 0) is 9.53 Å². The van der Waals surface area contributed by atoms with Crippen LogP contribution in [0.2, 0.25) is 0 Å². The molecule has 0 saturated carbocycles. The Labute approximate surface area is 97.6 Å². The van der Waals surface area contributed by atoms with Gasteiger partial charge in [-0.15, -0.1) is 0 Å². The van der Waals surface area contributed by atoms with Gasteiger partial charge >= 0.3 is 0 Å². The molecule has 0 fully saturated rings. The largest absolute Gasteiger partial charge is 0.389 e. The minimum Gasteiger partial charge on any atom is -0.389 e. The Morgan fingerprint density at radius 2 is 2.12 bits per heavy atom. The molecule has 0 saturated heterocycles. The van der Waals surface area contributed by atoms with Crippen LogP contribution in [0.25, 0.3) is 0 Å². The molecule has 0 aromatic rings. The van der Waals surface area contributed by atoms with Crippen molar-refractivity contribution in [3.8, 4) is 0 Å². The van der Waals surface area contributed by atoms with Crippen LogP contribution in [0.4, 0.5) is 0 Å². The van der Waals surface area contributed by atoms with Crippen molar-refractivity contribution in [3.05, 3.63) is 0 Å². The highest BCUT2D eigenvalue weighted by atomic mass is 16.5. The van der Waals surface area contributed by atoms with Crippen LogP contribution in [0.3, 0.4) is 0 Å². The smallest absolute Gasteiger partial charge is 0.239 e. The number of aliphatic hydroxyl groups excluding tert-OH is 1. The number of methoxy groups -OCH3 is 1. The molecule has 3 atom stereocenters. The second-order valence-electron chi connectivity index (χ2n) is 4.24. The molecule has 0 bridgehead atoms. The first-order chi connectivity index (χ1) is 7.43. The third kappa shape index (κ3) is 4.92. The molecule has 96 valence electrons. The zero-order chi connectivity index (χ0) is 12.7. The molecule has 0 rings (SSSR count). The molecule has 0 radical (unpaired) electrons. The third-order valence-electron chi connectivity index (χ3n) is 2.76. The summed E-state index contributed by atoms with van der Waals surface area (Å²) in [7, 11) is 3.15. The van der Waals surface area contributed by atoms with E-state index in [4.69, 9.17) is 10.5 Å². The molecule has 0 aliphatic rings. The van der Waals surface area contributed by atoms with Crippen molar-refractivity contribution in [1.82, 2.24) is 4.90 Å². The zero-order valence-electron chi connectivity index (χ0n) is 10.6. The quantitative estimate of drug-likeness (QED) is 0.639. The summed E-state index contributed by atoms with van der Waals surface area (Å²) in [6.45, 7) is 4.41. The lowest BCUT2D eigenvalue weighted by Crippen LogP contribution is -2.48. The molecule has 1 unspecified atom stereocenters. The molecule has 5 heteroatoms. The maximum absolute atomic E-state index is 11.8. The molecule has 16 heavy (non-hydrogen) atoms. The van der Waals surface area contributed by atoms with E-state index >= 15 is 0 Å². The van der Waals surface area contributed by atoms with Gasteiger partial charge in [0.2, 0.25) is 5.91 Å². The molecular formula is C11H24N2O3. The van der Waals surface area contributed by atoms with Gasteiger partial charge in [0.1, 0.15) is 0 Å². The van der Waals surface area contributed by atoms with Gasteiger partial charge in [-0.3, -0.25) is 4.79 Å². The van der Waals surface area contributed by atoms with Gasteiger partial charge in [-0.2, -0.15) is 0 Å². The van der Waals surface area contributed by atoms with Crippen LogP contribution >= 0.6 is 0 Å². The van der Waals surface area contributed by atoms with Gasteiger partial charge in [0.15, 0.2) is 0 Å². The van der Waals surface area contributed by atoms with Crippen molar-refractivity contribution in [3.63, 3.8) is 0 Å². The summed E-state index contributed by atoms with van der Waals surface area (Å²) in [6.07, 6.45) is 0.199. The fourth-order valence-corrected chi connectivity index (χ4v) is 1.40. The van der Waals surface area contributed by atoms with Gasteiger partial charge in [0.25, 0.3) is 0 Å². The van der Waals surface area contributed by atoms with Crippen molar-refractivity contribution in [1.29, 1.82) is 0 Å². The molecule has 0 aliphatic carbocycles. The van der Waals surface area contributed by atoms with E-state index in [2.05, 4.69) is 0 Å². The van der Waals surface area contributed by atoms with Crippen molar-refractivity contribution in [2.45, 2.75) is 32.4 Å². The van der Waals surface area contributed by atoms with Crippen molar-refractivity contribution < 1.29 is 14.6 Å². The predicted molar refractivity (Wildman–Crippen MR) is 63.0 cm³/mol. The summed E-state index contributed by atoms with van der Waals surface area (Å²) in [5, 5.41) is 9.49. The van der Waals surface area contributed by atoms with Gasteiger partial charge in [-0.05, 0) is 5.92 Å². The van der Waals surface area contributed by atoms with E-state index in [1.54, 1.807) is 7.05 Å². The van der Waals surface area contributed by atoms with E-state index in [0.717, 1.165) is 6.42 Å². The first-order valence-electron chi connectivity index (χ1n) is 5.61. The highest BCUT2D eigenvalue weighted by Gasteiger charge is 2.23. The average Bonchev–Trinajstić information content (AvgIpc) is 2.26. The number of nitrogens with zero attached hydrogens (tertiary/aromatic N) is 1. The van der Waals surface area contributed by atoms with E-state index in [1.165, 1.54) is 12.0 Å². The summed E-state index contributed by atoms with van der Waals surface area (Å²) >= 11 is 0.